The summed E-state index contributed by atoms with van der Waals surface area (Å²) in [5.74, 6) is 7.53. The molecule has 0 atom stereocenters. The van der Waals surface area contributed by atoms with Crippen LogP contribution in [0.3, 0.4) is 0 Å². The van der Waals surface area contributed by atoms with Gasteiger partial charge in [0.05, 0.1) is 31.2 Å². The van der Waals surface area contributed by atoms with Gasteiger partial charge >= 0.3 is 7.40 Å². The van der Waals surface area contributed by atoms with Crippen LogP contribution in [0.1, 0.15) is 71.1 Å². The number of aliphatic imine (C=N–C) groups is 1. The number of carbonyl (C=O) groups is 1. The molecule has 0 fully saturated rings. The largest absolute Gasteiger partial charge is 0.678 e. The van der Waals surface area contributed by atoms with Crippen LogP contribution in [0.2, 0.25) is 0 Å². The van der Waals surface area contributed by atoms with Crippen molar-refractivity contribution in [3.63, 3.8) is 0 Å². The number of aliphatic hydroxyl groups excluding tert-OH is 1. The summed E-state index contributed by atoms with van der Waals surface area (Å²) in [6, 6.07) is 31.4. The van der Waals surface area contributed by atoms with Crippen LogP contribution in [-0.2, 0) is 4.79 Å². The molecule has 1 aromatic heterocycles. The van der Waals surface area contributed by atoms with Gasteiger partial charge in [0.2, 0.25) is 0 Å². The van der Waals surface area contributed by atoms with Gasteiger partial charge < -0.3 is 19.1 Å². The van der Waals surface area contributed by atoms with Gasteiger partial charge in [-0.15, -0.1) is 0 Å². The molecule has 1 aliphatic heterocycles. The van der Waals surface area contributed by atoms with Crippen LogP contribution >= 0.6 is 0 Å². The molecule has 57 heavy (non-hydrogen) atoms. The van der Waals surface area contributed by atoms with Crippen LogP contribution in [-0.4, -0.2) is 42.7 Å². The lowest BCUT2D eigenvalue weighted by Crippen LogP contribution is -2.18. The highest BCUT2D eigenvalue weighted by Gasteiger charge is 2.30. The van der Waals surface area contributed by atoms with E-state index in [0.717, 1.165) is 38.1 Å². The van der Waals surface area contributed by atoms with Gasteiger partial charge in [0.15, 0.2) is 5.78 Å². The molecule has 1 N–H and O–H groups in total. The molecule has 0 unspecified atom stereocenters. The molecule has 6 nitrogen and oxygen atoms in total. The number of allylic oxidation sites excluding steroid dienone is 5. The number of nitrogens with zero attached hydrogens (tertiary/aromatic N) is 2. The fourth-order valence-corrected chi connectivity index (χ4v) is 6.64. The third kappa shape index (κ3) is 9.31. The summed E-state index contributed by atoms with van der Waals surface area (Å²) >= 11 is 0. The molecule has 2 heterocycles. The Labute approximate surface area is 332 Å². The van der Waals surface area contributed by atoms with E-state index in [0.29, 0.717) is 50.8 Å². The Kier molecular flexibility index (Phi) is 12.3. The van der Waals surface area contributed by atoms with E-state index in [9.17, 15) is 9.90 Å². The monoisotopic (exact) mass is 758 g/mol. The predicted molar refractivity (Wildman–Crippen MR) is 228 cm³/mol. The minimum Gasteiger partial charge on any atom is -0.512 e. The first-order chi connectivity index (χ1) is 27.4. The zero-order chi connectivity index (χ0) is 40.6. The molecule has 0 radical (unpaired) electrons. The first kappa shape index (κ1) is 39.8. The van der Waals surface area contributed by atoms with Crippen molar-refractivity contribution in [3.8, 4) is 23.3 Å². The molecule has 284 valence electrons. The number of ketones is 1. The predicted octanol–water partition coefficient (Wildman–Crippen LogP) is 10.9. The van der Waals surface area contributed by atoms with Crippen molar-refractivity contribution in [2.75, 3.05) is 14.2 Å². The number of hydrogen-bond donors (Lipinski definition) is 1. The van der Waals surface area contributed by atoms with E-state index < -0.39 is 7.40 Å². The number of methoxy groups -OCH3 is 2. The fourth-order valence-electron chi connectivity index (χ4n) is 6.64. The average molecular weight is 759 g/mol. The summed E-state index contributed by atoms with van der Waals surface area (Å²) in [5, 5.41) is 9.98. The molecule has 1 aliphatic rings. The molecule has 0 spiro atoms. The van der Waals surface area contributed by atoms with Crippen molar-refractivity contribution in [1.82, 2.24) is 4.48 Å². The second kappa shape index (κ2) is 17.7. The Bertz CT molecular complexity index is 2540. The number of halogens is 2. The Morgan fingerprint density at radius 2 is 1.25 bits per heavy atom. The summed E-state index contributed by atoms with van der Waals surface area (Å²) in [7, 11) is 0.372. The van der Waals surface area contributed by atoms with Crippen LogP contribution in [0, 0.1) is 18.8 Å². The second-order valence-electron chi connectivity index (χ2n) is 13.5. The topological polar surface area (TPSA) is 73.1 Å². The number of ether oxygens (including phenoxy) is 2. The van der Waals surface area contributed by atoms with Crippen LogP contribution in [0.15, 0.2) is 137 Å². The number of aliphatic hydroxyl groups is 1. The lowest BCUT2D eigenvalue weighted by Gasteiger charge is -2.17. The normalized spacial score (nSPS) is 13.8. The molecule has 0 amide bonds. The Morgan fingerprint density at radius 1 is 0.737 bits per heavy atom. The van der Waals surface area contributed by atoms with Crippen LogP contribution in [0.5, 0.6) is 11.5 Å². The van der Waals surface area contributed by atoms with E-state index in [4.69, 9.17) is 14.5 Å². The van der Waals surface area contributed by atoms with Crippen molar-refractivity contribution in [3.05, 3.63) is 183 Å². The molecular weight excluding hydrogens is 717 g/mol. The SMILES string of the molecule is COc1ccc(/C=C\C2=NC(=C(/c3ccc(C#Cc4ccc(/C(C(C)=O)=C(/C)O)cc4)cc3)c3c(C)cc(/C=C/c4ccc(OC)cc4)n3B(F)F)/C(C)=C2)cc1. The van der Waals surface area contributed by atoms with Crippen LogP contribution < -0.4 is 9.47 Å². The van der Waals surface area contributed by atoms with Crippen molar-refractivity contribution < 1.29 is 28.0 Å². The fraction of sp³-hybridized carbons (Fsp3) is 0.125. The van der Waals surface area contributed by atoms with Crippen molar-refractivity contribution in [2.45, 2.75) is 27.7 Å². The number of carbonyl (C=O) groups excluding carboxylic acids is 1. The minimum absolute atomic E-state index is 0.0387. The number of Topliss-reactive ketones (excluding diaryl/α,β-unsaturated/α-hetero) is 1. The second-order valence-corrected chi connectivity index (χ2v) is 13.5. The van der Waals surface area contributed by atoms with Gasteiger partial charge in [-0.05, 0) is 134 Å². The van der Waals surface area contributed by atoms with Gasteiger partial charge in [-0.1, -0.05) is 72.5 Å². The molecule has 0 saturated heterocycles. The molecule has 0 bridgehead atoms. The first-order valence-electron chi connectivity index (χ1n) is 18.3. The summed E-state index contributed by atoms with van der Waals surface area (Å²) in [6.45, 7) is 6.67. The van der Waals surface area contributed by atoms with E-state index in [1.165, 1.54) is 13.8 Å². The Hall–Kier alpha value is -6.92. The maximum atomic E-state index is 15.3. The van der Waals surface area contributed by atoms with Gasteiger partial charge in [0.25, 0.3) is 0 Å². The highest BCUT2D eigenvalue weighted by Crippen LogP contribution is 2.38. The molecule has 0 saturated carbocycles. The zero-order valence-electron chi connectivity index (χ0n) is 32.6. The van der Waals surface area contributed by atoms with E-state index in [-0.39, 0.29) is 17.1 Å². The number of hydrogen-bond acceptors (Lipinski definition) is 5. The molecular formula is C48H41BF2N2O4. The van der Waals surface area contributed by atoms with Gasteiger partial charge in [-0.25, -0.2) is 4.99 Å². The smallest absolute Gasteiger partial charge is 0.512 e. The number of aryl methyl sites for hydroxylation is 1. The molecule has 0 aliphatic carbocycles. The first-order valence-corrected chi connectivity index (χ1v) is 18.3. The Morgan fingerprint density at radius 3 is 1.72 bits per heavy atom. The third-order valence-electron chi connectivity index (χ3n) is 9.44. The number of rotatable bonds is 11. The summed E-state index contributed by atoms with van der Waals surface area (Å²) in [5.41, 5.74) is 8.90. The standard InChI is InChI=1S/C48H41BF2N2O4/c1-31-29-41(23-13-37-15-25-43(56-5)26-16-37)52-47(31)46(48-32(2)30-42(53(48)49(50)51)24-14-38-17-27-44(57-6)28-18-38)40-21-11-36(12-22-40)8-7-35-9-19-39(20-10-35)45(33(3)54)34(4)55/h9-30,54H,1-6H3/b23-13-,24-14+,45-33-,47-46-. The van der Waals surface area contributed by atoms with E-state index in [1.54, 1.807) is 56.7 Å². The van der Waals surface area contributed by atoms with E-state index >= 15 is 8.63 Å². The quantitative estimate of drug-likeness (QED) is 0.0630. The summed E-state index contributed by atoms with van der Waals surface area (Å²) in [4.78, 5) is 17.0. The highest BCUT2D eigenvalue weighted by atomic mass is 19.2. The van der Waals surface area contributed by atoms with Gasteiger partial charge in [-0.3, -0.25) is 13.4 Å². The van der Waals surface area contributed by atoms with Crippen molar-refractivity contribution >= 4 is 48.3 Å². The average Bonchev–Trinajstić information content (AvgIpc) is 3.74. The summed E-state index contributed by atoms with van der Waals surface area (Å²) < 4.78 is 42.1. The van der Waals surface area contributed by atoms with Gasteiger partial charge in [-0.2, -0.15) is 0 Å². The lowest BCUT2D eigenvalue weighted by molar-refractivity contribution is -0.111. The summed E-state index contributed by atoms with van der Waals surface area (Å²) in [6.07, 6.45) is 9.31. The number of aromatic nitrogens is 1. The highest BCUT2D eigenvalue weighted by molar-refractivity contribution is 6.42. The van der Waals surface area contributed by atoms with Crippen LogP contribution in [0.25, 0.3) is 29.4 Å². The zero-order valence-corrected chi connectivity index (χ0v) is 32.6. The lowest BCUT2D eigenvalue weighted by atomic mass is 9.94. The minimum atomic E-state index is -2.84. The maximum absolute atomic E-state index is 15.3. The van der Waals surface area contributed by atoms with Gasteiger partial charge in [0, 0.05) is 28.1 Å². The van der Waals surface area contributed by atoms with Crippen molar-refractivity contribution in [2.24, 2.45) is 4.99 Å². The number of benzene rings is 4. The molecule has 9 heteroatoms. The van der Waals surface area contributed by atoms with E-state index in [1.807, 2.05) is 105 Å². The van der Waals surface area contributed by atoms with Gasteiger partial charge in [0.1, 0.15) is 17.3 Å². The maximum Gasteiger partial charge on any atom is 0.678 e. The van der Waals surface area contributed by atoms with Crippen molar-refractivity contribution in [1.29, 1.82) is 0 Å². The molecule has 5 aromatic rings. The third-order valence-corrected chi connectivity index (χ3v) is 9.44. The van der Waals surface area contributed by atoms with E-state index in [2.05, 4.69) is 11.8 Å². The molecule has 4 aromatic carbocycles. The molecule has 6 rings (SSSR count). The van der Waals surface area contributed by atoms with Crippen LogP contribution in [0.4, 0.5) is 8.63 Å². The Balaban J connectivity index is 1.41.